The van der Waals surface area contributed by atoms with E-state index in [4.69, 9.17) is 10.5 Å². The van der Waals surface area contributed by atoms with Crippen LogP contribution >= 0.6 is 0 Å². The van der Waals surface area contributed by atoms with Crippen molar-refractivity contribution >= 4 is 5.91 Å². The minimum absolute atomic E-state index is 0.0656. The average molecular weight is 214 g/mol. The number of rotatable bonds is 4. The van der Waals surface area contributed by atoms with Crippen molar-refractivity contribution in [2.24, 2.45) is 11.7 Å². The van der Waals surface area contributed by atoms with Gasteiger partial charge in [0.1, 0.15) is 0 Å². The van der Waals surface area contributed by atoms with Crippen LogP contribution in [0.5, 0.6) is 0 Å². The summed E-state index contributed by atoms with van der Waals surface area (Å²) in [6.45, 7) is 7.20. The first-order valence-electron chi connectivity index (χ1n) is 5.66. The fourth-order valence-corrected chi connectivity index (χ4v) is 1.63. The van der Waals surface area contributed by atoms with Crippen LogP contribution in [0, 0.1) is 5.92 Å². The molecule has 15 heavy (non-hydrogen) atoms. The predicted molar refractivity (Wildman–Crippen MR) is 59.4 cm³/mol. The lowest BCUT2D eigenvalue weighted by molar-refractivity contribution is -0.126. The summed E-state index contributed by atoms with van der Waals surface area (Å²) in [4.78, 5) is 11.7. The highest BCUT2D eigenvalue weighted by molar-refractivity contribution is 5.85. The summed E-state index contributed by atoms with van der Waals surface area (Å²) < 4.78 is 5.43. The summed E-state index contributed by atoms with van der Waals surface area (Å²) in [6.07, 6.45) is 1.92. The van der Waals surface area contributed by atoms with Gasteiger partial charge in [-0.25, -0.2) is 0 Å². The number of amides is 1. The van der Waals surface area contributed by atoms with Crippen molar-refractivity contribution in [3.63, 3.8) is 0 Å². The first-order valence-corrected chi connectivity index (χ1v) is 5.66. The average Bonchev–Trinajstić information content (AvgIpc) is 2.60. The van der Waals surface area contributed by atoms with Gasteiger partial charge in [-0.2, -0.15) is 0 Å². The Morgan fingerprint density at radius 3 is 2.80 bits per heavy atom. The van der Waals surface area contributed by atoms with Crippen LogP contribution in [0.25, 0.3) is 0 Å². The smallest absolute Gasteiger partial charge is 0.239 e. The normalized spacial score (nSPS) is 29.9. The molecule has 3 N–H and O–H groups in total. The molecule has 0 aliphatic carbocycles. The minimum Gasteiger partial charge on any atom is -0.378 e. The van der Waals surface area contributed by atoms with E-state index in [9.17, 15) is 4.79 Å². The molecule has 1 aliphatic heterocycles. The van der Waals surface area contributed by atoms with Crippen LogP contribution in [0.2, 0.25) is 0 Å². The molecule has 3 unspecified atom stereocenters. The molecule has 3 atom stereocenters. The molecule has 0 aromatic rings. The van der Waals surface area contributed by atoms with Gasteiger partial charge in [0, 0.05) is 19.1 Å². The van der Waals surface area contributed by atoms with Gasteiger partial charge >= 0.3 is 0 Å². The first kappa shape index (κ1) is 12.5. The van der Waals surface area contributed by atoms with Crippen LogP contribution in [-0.4, -0.2) is 30.7 Å². The molecule has 88 valence electrons. The van der Waals surface area contributed by atoms with Gasteiger partial charge in [-0.1, -0.05) is 6.92 Å². The summed E-state index contributed by atoms with van der Waals surface area (Å²) in [5, 5.41) is 2.90. The number of ether oxygens (including phenoxy) is 1. The molecule has 0 aromatic heterocycles. The van der Waals surface area contributed by atoms with Gasteiger partial charge in [0.25, 0.3) is 0 Å². The topological polar surface area (TPSA) is 64.4 Å². The largest absolute Gasteiger partial charge is 0.378 e. The highest BCUT2D eigenvalue weighted by Gasteiger charge is 2.29. The zero-order valence-electron chi connectivity index (χ0n) is 9.88. The lowest BCUT2D eigenvalue weighted by Crippen LogP contribution is -2.52. The Labute approximate surface area is 91.5 Å². The summed E-state index contributed by atoms with van der Waals surface area (Å²) in [5.74, 6) is 0.366. The summed E-state index contributed by atoms with van der Waals surface area (Å²) >= 11 is 0. The van der Waals surface area contributed by atoms with Crippen molar-refractivity contribution in [2.45, 2.75) is 45.3 Å². The third-order valence-electron chi connectivity index (χ3n) is 3.31. The zero-order chi connectivity index (χ0) is 11.5. The monoisotopic (exact) mass is 214 g/mol. The van der Waals surface area contributed by atoms with Gasteiger partial charge < -0.3 is 15.8 Å². The summed E-state index contributed by atoms with van der Waals surface area (Å²) in [7, 11) is 0. The highest BCUT2D eigenvalue weighted by atomic mass is 16.5. The van der Waals surface area contributed by atoms with E-state index in [1.54, 1.807) is 6.92 Å². The molecule has 0 spiro atoms. The first-order chi connectivity index (χ1) is 6.97. The van der Waals surface area contributed by atoms with E-state index in [1.165, 1.54) is 0 Å². The molecular weight excluding hydrogens is 192 g/mol. The summed E-state index contributed by atoms with van der Waals surface area (Å²) in [5.41, 5.74) is 5.09. The highest BCUT2D eigenvalue weighted by Crippen LogP contribution is 2.19. The van der Waals surface area contributed by atoms with Crippen LogP contribution in [0.15, 0.2) is 0 Å². The predicted octanol–water partition coefficient (Wildman–Crippen LogP) is 0.655. The van der Waals surface area contributed by atoms with Crippen LogP contribution < -0.4 is 11.1 Å². The van der Waals surface area contributed by atoms with E-state index in [2.05, 4.69) is 5.32 Å². The van der Waals surface area contributed by atoms with Gasteiger partial charge in [-0.05, 0) is 26.7 Å². The minimum atomic E-state index is -0.747. The number of carbonyl (C=O) groups excluding carboxylic acids is 1. The van der Waals surface area contributed by atoms with Gasteiger partial charge in [-0.3, -0.25) is 4.79 Å². The molecule has 1 saturated heterocycles. The summed E-state index contributed by atoms with van der Waals surface area (Å²) in [6, 6.07) is 0. The van der Waals surface area contributed by atoms with Gasteiger partial charge in [0.05, 0.1) is 11.6 Å². The fraction of sp³-hybridized carbons (Fsp3) is 0.909. The molecule has 1 amide bonds. The van der Waals surface area contributed by atoms with Crippen molar-refractivity contribution < 1.29 is 9.53 Å². The Hall–Kier alpha value is -0.610. The maximum Gasteiger partial charge on any atom is 0.239 e. The number of nitrogens with two attached hydrogens (primary N) is 1. The lowest BCUT2D eigenvalue weighted by Gasteiger charge is -2.23. The SMILES string of the molecule is CCC(C)(N)C(=O)NCC1CCOC1C. The van der Waals surface area contributed by atoms with Crippen molar-refractivity contribution in [3.05, 3.63) is 0 Å². The standard InChI is InChI=1S/C11H22N2O2/c1-4-11(3,12)10(14)13-7-9-5-6-15-8(9)2/h8-9H,4-7,12H2,1-3H3,(H,13,14). The lowest BCUT2D eigenvalue weighted by atomic mass is 9.98. The second-order valence-electron chi connectivity index (χ2n) is 4.61. The van der Waals surface area contributed by atoms with Crippen molar-refractivity contribution in [3.8, 4) is 0 Å². The number of hydrogen-bond donors (Lipinski definition) is 2. The zero-order valence-corrected chi connectivity index (χ0v) is 9.88. The Balaban J connectivity index is 2.34. The van der Waals surface area contributed by atoms with E-state index in [-0.39, 0.29) is 12.0 Å². The number of carbonyl (C=O) groups is 1. The van der Waals surface area contributed by atoms with Crippen molar-refractivity contribution in [2.75, 3.05) is 13.2 Å². The Kier molecular flexibility index (Phi) is 4.11. The molecule has 4 nitrogen and oxygen atoms in total. The Morgan fingerprint density at radius 2 is 2.33 bits per heavy atom. The second-order valence-corrected chi connectivity index (χ2v) is 4.61. The molecule has 0 aromatic carbocycles. The maximum absolute atomic E-state index is 11.7. The van der Waals surface area contributed by atoms with E-state index >= 15 is 0 Å². The Morgan fingerprint density at radius 1 is 1.67 bits per heavy atom. The molecule has 4 heteroatoms. The number of hydrogen-bond acceptors (Lipinski definition) is 3. The van der Waals surface area contributed by atoms with E-state index in [0.717, 1.165) is 13.0 Å². The maximum atomic E-state index is 11.7. The van der Waals surface area contributed by atoms with Crippen LogP contribution in [0.1, 0.15) is 33.6 Å². The quantitative estimate of drug-likeness (QED) is 0.722. The molecule has 1 heterocycles. The van der Waals surface area contributed by atoms with Crippen LogP contribution in [0.3, 0.4) is 0 Å². The van der Waals surface area contributed by atoms with E-state index in [0.29, 0.717) is 18.9 Å². The Bertz CT molecular complexity index is 229. The van der Waals surface area contributed by atoms with Gasteiger partial charge in [-0.15, -0.1) is 0 Å². The van der Waals surface area contributed by atoms with Crippen molar-refractivity contribution in [1.29, 1.82) is 0 Å². The van der Waals surface area contributed by atoms with Crippen LogP contribution in [0.4, 0.5) is 0 Å². The van der Waals surface area contributed by atoms with Gasteiger partial charge in [0.15, 0.2) is 0 Å². The molecule has 1 fully saturated rings. The molecule has 0 radical (unpaired) electrons. The van der Waals surface area contributed by atoms with E-state index < -0.39 is 5.54 Å². The molecule has 0 bridgehead atoms. The van der Waals surface area contributed by atoms with E-state index in [1.807, 2.05) is 13.8 Å². The molecular formula is C11H22N2O2. The molecule has 0 saturated carbocycles. The van der Waals surface area contributed by atoms with Crippen molar-refractivity contribution in [1.82, 2.24) is 5.32 Å². The third-order valence-corrected chi connectivity index (χ3v) is 3.31. The molecule has 1 rings (SSSR count). The van der Waals surface area contributed by atoms with Crippen LogP contribution in [-0.2, 0) is 9.53 Å². The number of nitrogens with one attached hydrogen (secondary N) is 1. The fourth-order valence-electron chi connectivity index (χ4n) is 1.63. The second kappa shape index (κ2) is 4.94. The van der Waals surface area contributed by atoms with Gasteiger partial charge in [0.2, 0.25) is 5.91 Å². The third kappa shape index (κ3) is 3.18. The molecule has 1 aliphatic rings.